The third-order valence-electron chi connectivity index (χ3n) is 7.00. The molecule has 3 unspecified atom stereocenters. The molecular weight excluding hydrogens is 418 g/mol. The fourth-order valence-electron chi connectivity index (χ4n) is 5.22. The number of benzene rings is 2. The maximum absolute atomic E-state index is 12.7. The molecule has 1 heterocycles. The Bertz CT molecular complexity index is 1090. The lowest BCUT2D eigenvalue weighted by atomic mass is 9.75. The summed E-state index contributed by atoms with van der Waals surface area (Å²) >= 11 is 6.05. The van der Waals surface area contributed by atoms with E-state index in [0.29, 0.717) is 10.7 Å². The second-order valence-corrected chi connectivity index (χ2v) is 10.9. The first-order valence-electron chi connectivity index (χ1n) is 11.7. The first-order chi connectivity index (χ1) is 15.2. The minimum atomic E-state index is -0.151. The summed E-state index contributed by atoms with van der Waals surface area (Å²) in [7, 11) is 4.67. The molecule has 2 aromatic carbocycles. The van der Waals surface area contributed by atoms with Crippen LogP contribution < -0.4 is 5.32 Å². The maximum atomic E-state index is 12.7. The van der Waals surface area contributed by atoms with Crippen molar-refractivity contribution in [1.82, 2.24) is 4.98 Å². The summed E-state index contributed by atoms with van der Waals surface area (Å²) in [6.07, 6.45) is 4.10. The van der Waals surface area contributed by atoms with Crippen molar-refractivity contribution in [2.24, 2.45) is 17.8 Å². The van der Waals surface area contributed by atoms with Crippen molar-refractivity contribution in [3.05, 3.63) is 64.8 Å². The Morgan fingerprint density at radius 2 is 1.84 bits per heavy atom. The highest BCUT2D eigenvalue weighted by Crippen LogP contribution is 2.35. The van der Waals surface area contributed by atoms with Gasteiger partial charge < -0.3 is 14.8 Å². The largest absolute Gasteiger partial charge is 0.351 e. The molecule has 4 nitrogen and oxygen atoms in total. The number of fused-ring (bicyclic) bond motifs is 1. The Labute approximate surface area is 196 Å². The molecular formula is C27H35ClN3O+. The number of rotatable bonds is 6. The summed E-state index contributed by atoms with van der Waals surface area (Å²) in [4.78, 5) is 15.8. The van der Waals surface area contributed by atoms with Crippen LogP contribution in [0.3, 0.4) is 0 Å². The number of H-pyrrole nitrogens is 1. The molecule has 32 heavy (non-hydrogen) atoms. The molecule has 1 amide bonds. The summed E-state index contributed by atoms with van der Waals surface area (Å²) in [5.41, 5.74) is 3.52. The average Bonchev–Trinajstić information content (AvgIpc) is 3.15. The predicted molar refractivity (Wildman–Crippen MR) is 134 cm³/mol. The van der Waals surface area contributed by atoms with E-state index >= 15 is 0 Å². The van der Waals surface area contributed by atoms with E-state index < -0.39 is 0 Å². The number of nitrogens with zero attached hydrogens (tertiary/aromatic N) is 1. The smallest absolute Gasteiger partial charge is 0.272 e. The summed E-state index contributed by atoms with van der Waals surface area (Å²) < 4.78 is 0.991. The SMILES string of the molecule is CC1CCC(C)C(C[N+](C)(C)Cc2ccc(NC(=O)c3cc4cc(Cl)ccc4[nH]3)cc2)C1. The molecule has 1 aliphatic rings. The third kappa shape index (κ3) is 5.54. The van der Waals surface area contributed by atoms with Gasteiger partial charge in [0.05, 0.1) is 20.6 Å². The molecule has 2 N–H and O–H groups in total. The normalized spacial score (nSPS) is 21.6. The van der Waals surface area contributed by atoms with E-state index in [-0.39, 0.29) is 5.91 Å². The molecule has 0 bridgehead atoms. The molecule has 0 aliphatic heterocycles. The molecule has 0 spiro atoms. The Morgan fingerprint density at radius 1 is 1.09 bits per heavy atom. The fraction of sp³-hybridized carbons (Fsp3) is 0.444. The van der Waals surface area contributed by atoms with Crippen molar-refractivity contribution in [2.45, 2.75) is 39.7 Å². The molecule has 5 heteroatoms. The van der Waals surface area contributed by atoms with Crippen molar-refractivity contribution in [2.75, 3.05) is 26.0 Å². The fourth-order valence-corrected chi connectivity index (χ4v) is 5.40. The highest BCUT2D eigenvalue weighted by Gasteiger charge is 2.31. The van der Waals surface area contributed by atoms with E-state index in [0.717, 1.165) is 45.4 Å². The van der Waals surface area contributed by atoms with Crippen LogP contribution in [0.2, 0.25) is 5.02 Å². The minimum absolute atomic E-state index is 0.151. The van der Waals surface area contributed by atoms with Gasteiger partial charge in [-0.1, -0.05) is 44.0 Å². The van der Waals surface area contributed by atoms with Crippen molar-refractivity contribution in [1.29, 1.82) is 0 Å². The molecule has 1 saturated carbocycles. The van der Waals surface area contributed by atoms with Crippen molar-refractivity contribution < 1.29 is 9.28 Å². The number of carbonyl (C=O) groups excluding carboxylic acids is 1. The first-order valence-corrected chi connectivity index (χ1v) is 12.1. The van der Waals surface area contributed by atoms with Gasteiger partial charge in [-0.25, -0.2) is 0 Å². The third-order valence-corrected chi connectivity index (χ3v) is 7.24. The van der Waals surface area contributed by atoms with Gasteiger partial charge in [0, 0.05) is 33.1 Å². The number of anilines is 1. The Kier molecular flexibility index (Phi) is 6.64. The van der Waals surface area contributed by atoms with Crippen LogP contribution in [-0.4, -0.2) is 36.0 Å². The van der Waals surface area contributed by atoms with Crippen LogP contribution in [0.4, 0.5) is 5.69 Å². The number of hydrogen-bond acceptors (Lipinski definition) is 1. The second-order valence-electron chi connectivity index (χ2n) is 10.5. The molecule has 1 aromatic heterocycles. The summed E-state index contributed by atoms with van der Waals surface area (Å²) in [6, 6.07) is 15.6. The minimum Gasteiger partial charge on any atom is -0.351 e. The van der Waals surface area contributed by atoms with Gasteiger partial charge in [-0.15, -0.1) is 0 Å². The van der Waals surface area contributed by atoms with Crippen LogP contribution in [0, 0.1) is 17.8 Å². The van der Waals surface area contributed by atoms with Crippen LogP contribution >= 0.6 is 11.6 Å². The number of carbonyl (C=O) groups is 1. The van der Waals surface area contributed by atoms with Gasteiger partial charge in [0.2, 0.25) is 0 Å². The number of aromatic amines is 1. The molecule has 1 aliphatic carbocycles. The van der Waals surface area contributed by atoms with Crippen LogP contribution in [-0.2, 0) is 6.54 Å². The molecule has 1 fully saturated rings. The van der Waals surface area contributed by atoms with E-state index in [2.05, 4.69) is 50.4 Å². The maximum Gasteiger partial charge on any atom is 0.272 e. The average molecular weight is 453 g/mol. The summed E-state index contributed by atoms with van der Waals surface area (Å²) in [6.45, 7) is 7.04. The van der Waals surface area contributed by atoms with Gasteiger partial charge >= 0.3 is 0 Å². The topological polar surface area (TPSA) is 44.9 Å². The molecule has 3 aromatic rings. The van der Waals surface area contributed by atoms with Crippen LogP contribution in [0.5, 0.6) is 0 Å². The first kappa shape index (κ1) is 22.9. The molecule has 170 valence electrons. The van der Waals surface area contributed by atoms with Gasteiger partial charge in [-0.2, -0.15) is 0 Å². The Balaban J connectivity index is 1.37. The van der Waals surface area contributed by atoms with Crippen LogP contribution in [0.15, 0.2) is 48.5 Å². The van der Waals surface area contributed by atoms with Gasteiger partial charge in [-0.05, 0) is 61.1 Å². The van der Waals surface area contributed by atoms with Gasteiger partial charge in [0.1, 0.15) is 12.2 Å². The van der Waals surface area contributed by atoms with E-state index in [1.165, 1.54) is 31.4 Å². The number of quaternary nitrogens is 1. The number of halogens is 1. The standard InChI is InChI=1S/C27H34ClN3O/c1-18-5-6-19(2)22(13-18)17-31(3,4)16-20-7-10-24(11-8-20)29-27(32)26-15-21-14-23(28)9-12-25(21)30-26/h7-12,14-15,18-19,22H,5-6,13,16-17H2,1-4H3,(H-,29,30,32)/p+1. The van der Waals surface area contributed by atoms with Gasteiger partial charge in [0.25, 0.3) is 5.91 Å². The lowest BCUT2D eigenvalue weighted by Crippen LogP contribution is -2.45. The number of aromatic nitrogens is 1. The van der Waals surface area contributed by atoms with E-state index in [9.17, 15) is 4.79 Å². The van der Waals surface area contributed by atoms with Crippen LogP contribution in [0.25, 0.3) is 10.9 Å². The zero-order valence-electron chi connectivity index (χ0n) is 19.6. The highest BCUT2D eigenvalue weighted by molar-refractivity contribution is 6.31. The highest BCUT2D eigenvalue weighted by atomic mass is 35.5. The summed E-state index contributed by atoms with van der Waals surface area (Å²) in [5.74, 6) is 2.33. The van der Waals surface area contributed by atoms with Gasteiger partial charge in [0.15, 0.2) is 0 Å². The molecule has 0 radical (unpaired) electrons. The van der Waals surface area contributed by atoms with Crippen molar-refractivity contribution in [3.63, 3.8) is 0 Å². The molecule has 0 saturated heterocycles. The Hall–Kier alpha value is -2.30. The lowest BCUT2D eigenvalue weighted by Gasteiger charge is -2.39. The lowest BCUT2D eigenvalue weighted by molar-refractivity contribution is -0.907. The zero-order chi connectivity index (χ0) is 22.9. The van der Waals surface area contributed by atoms with Crippen molar-refractivity contribution in [3.8, 4) is 0 Å². The number of nitrogens with one attached hydrogen (secondary N) is 2. The molecule has 4 rings (SSSR count). The molecule has 3 atom stereocenters. The zero-order valence-corrected chi connectivity index (χ0v) is 20.4. The van der Waals surface area contributed by atoms with Gasteiger partial charge in [-0.3, -0.25) is 4.79 Å². The summed E-state index contributed by atoms with van der Waals surface area (Å²) in [5, 5.41) is 4.58. The predicted octanol–water partition coefficient (Wildman–Crippen LogP) is 6.72. The van der Waals surface area contributed by atoms with Crippen LogP contribution in [0.1, 0.15) is 49.2 Å². The van der Waals surface area contributed by atoms with E-state index in [1.807, 2.05) is 36.4 Å². The van der Waals surface area contributed by atoms with E-state index in [1.54, 1.807) is 0 Å². The Morgan fingerprint density at radius 3 is 2.59 bits per heavy atom. The second kappa shape index (κ2) is 9.29. The quantitative estimate of drug-likeness (QED) is 0.400. The number of amides is 1. The number of hydrogen-bond donors (Lipinski definition) is 2. The van der Waals surface area contributed by atoms with E-state index in [4.69, 9.17) is 11.6 Å². The van der Waals surface area contributed by atoms with Crippen molar-refractivity contribution >= 4 is 34.1 Å². The monoisotopic (exact) mass is 452 g/mol.